The molecule has 5 heteroatoms. The molecule has 5 nitrogen and oxygen atoms in total. The molecule has 1 saturated heterocycles. The van der Waals surface area contributed by atoms with Crippen molar-refractivity contribution >= 4 is 22.8 Å². The Kier molecular flexibility index (Phi) is 3.79. The molecule has 1 amide bonds. The smallest absolute Gasteiger partial charge is 0.308 e. The minimum absolute atomic E-state index is 0.0820. The molecular weight excluding hydrogens is 304 g/mol. The van der Waals surface area contributed by atoms with Gasteiger partial charge in [0.1, 0.15) is 0 Å². The van der Waals surface area contributed by atoms with E-state index in [0.717, 1.165) is 29.3 Å². The number of likely N-dealkylation sites (tertiary alicyclic amines) is 1. The number of carbonyl (C=O) groups is 2. The van der Waals surface area contributed by atoms with Crippen molar-refractivity contribution in [1.29, 1.82) is 0 Å². The summed E-state index contributed by atoms with van der Waals surface area (Å²) in [6.07, 6.45) is 5.29. The summed E-state index contributed by atoms with van der Waals surface area (Å²) in [6, 6.07) is 8.21. The van der Waals surface area contributed by atoms with Crippen molar-refractivity contribution < 1.29 is 14.7 Å². The average molecular weight is 326 g/mol. The van der Waals surface area contributed by atoms with Crippen molar-refractivity contribution in [2.45, 2.75) is 25.7 Å². The zero-order valence-electron chi connectivity index (χ0n) is 13.6. The Morgan fingerprint density at radius 1 is 1.21 bits per heavy atom. The van der Waals surface area contributed by atoms with Gasteiger partial charge in [0.15, 0.2) is 0 Å². The number of aromatic amines is 1. The summed E-state index contributed by atoms with van der Waals surface area (Å²) in [4.78, 5) is 28.9. The van der Waals surface area contributed by atoms with Gasteiger partial charge in [0.25, 0.3) is 0 Å². The highest BCUT2D eigenvalue weighted by Gasteiger charge is 2.46. The molecule has 0 bridgehead atoms. The van der Waals surface area contributed by atoms with E-state index >= 15 is 0 Å². The number of hydrogen-bond donors (Lipinski definition) is 2. The summed E-state index contributed by atoms with van der Waals surface area (Å²) in [5, 5.41) is 10.6. The van der Waals surface area contributed by atoms with E-state index in [4.69, 9.17) is 0 Å². The van der Waals surface area contributed by atoms with Crippen LogP contribution in [0.2, 0.25) is 0 Å². The molecule has 2 atom stereocenters. The van der Waals surface area contributed by atoms with Crippen molar-refractivity contribution in [3.05, 3.63) is 36.0 Å². The first-order valence-electron chi connectivity index (χ1n) is 8.68. The fourth-order valence-corrected chi connectivity index (χ4v) is 3.96. The predicted octanol–water partition coefficient (Wildman–Crippen LogP) is 2.67. The summed E-state index contributed by atoms with van der Waals surface area (Å²) in [6.45, 7) is 1.00. The lowest BCUT2D eigenvalue weighted by Gasteiger charge is -2.16. The van der Waals surface area contributed by atoms with Crippen LogP contribution < -0.4 is 0 Å². The second-order valence-electron chi connectivity index (χ2n) is 7.14. The number of fused-ring (bicyclic) bond motifs is 1. The molecule has 2 heterocycles. The van der Waals surface area contributed by atoms with Crippen LogP contribution in [0.4, 0.5) is 0 Å². The molecule has 2 aliphatic rings. The number of rotatable bonds is 5. The highest BCUT2D eigenvalue weighted by atomic mass is 16.4. The molecule has 2 fully saturated rings. The van der Waals surface area contributed by atoms with Crippen molar-refractivity contribution in [1.82, 2.24) is 9.88 Å². The van der Waals surface area contributed by atoms with Gasteiger partial charge in [0, 0.05) is 31.2 Å². The van der Waals surface area contributed by atoms with Gasteiger partial charge in [-0.3, -0.25) is 9.59 Å². The molecule has 4 rings (SSSR count). The quantitative estimate of drug-likeness (QED) is 0.887. The molecule has 1 saturated carbocycles. The largest absolute Gasteiger partial charge is 0.481 e. The van der Waals surface area contributed by atoms with Crippen LogP contribution in [0.5, 0.6) is 0 Å². The number of aliphatic carboxylic acids is 1. The van der Waals surface area contributed by atoms with Crippen LogP contribution >= 0.6 is 0 Å². The Hall–Kier alpha value is -2.30. The van der Waals surface area contributed by atoms with Gasteiger partial charge in [-0.15, -0.1) is 0 Å². The third-order valence-corrected chi connectivity index (χ3v) is 5.51. The zero-order chi connectivity index (χ0) is 16.7. The Morgan fingerprint density at radius 2 is 2.04 bits per heavy atom. The minimum atomic E-state index is -0.750. The normalized spacial score (nSPS) is 23.8. The molecule has 0 unspecified atom stereocenters. The third kappa shape index (κ3) is 2.90. The molecule has 1 aromatic heterocycles. The van der Waals surface area contributed by atoms with Crippen molar-refractivity contribution in [3.8, 4) is 0 Å². The summed E-state index contributed by atoms with van der Waals surface area (Å²) >= 11 is 0. The van der Waals surface area contributed by atoms with Crippen LogP contribution in [0.15, 0.2) is 30.5 Å². The van der Waals surface area contributed by atoms with Gasteiger partial charge in [-0.1, -0.05) is 6.07 Å². The molecule has 1 aromatic carbocycles. The Balaban J connectivity index is 1.38. The number of hydrogen-bond acceptors (Lipinski definition) is 2. The number of benzene rings is 1. The number of amides is 1. The maximum atomic E-state index is 12.5. The molecule has 24 heavy (non-hydrogen) atoms. The summed E-state index contributed by atoms with van der Waals surface area (Å²) in [5.74, 6) is -0.376. The topological polar surface area (TPSA) is 73.4 Å². The fourth-order valence-electron chi connectivity index (χ4n) is 3.96. The van der Waals surface area contributed by atoms with Crippen LogP contribution in [0.1, 0.15) is 24.8 Å². The first-order chi connectivity index (χ1) is 11.6. The second-order valence-corrected chi connectivity index (χ2v) is 7.14. The molecule has 0 radical (unpaired) electrons. The van der Waals surface area contributed by atoms with Crippen LogP contribution in [0.3, 0.4) is 0 Å². The van der Waals surface area contributed by atoms with Gasteiger partial charge in [-0.05, 0) is 60.2 Å². The van der Waals surface area contributed by atoms with Crippen LogP contribution in [0.25, 0.3) is 10.9 Å². The highest BCUT2D eigenvalue weighted by molar-refractivity contribution is 5.81. The van der Waals surface area contributed by atoms with Crippen LogP contribution in [-0.4, -0.2) is 40.0 Å². The molecular formula is C19H22N2O3. The van der Waals surface area contributed by atoms with Crippen LogP contribution in [-0.2, 0) is 16.0 Å². The maximum Gasteiger partial charge on any atom is 0.308 e. The number of carboxylic acid groups (broad SMARTS) is 1. The summed E-state index contributed by atoms with van der Waals surface area (Å²) in [5.41, 5.74) is 2.24. The highest BCUT2D eigenvalue weighted by Crippen LogP contribution is 2.44. The Morgan fingerprint density at radius 3 is 2.79 bits per heavy atom. The maximum absolute atomic E-state index is 12.5. The van der Waals surface area contributed by atoms with Gasteiger partial charge < -0.3 is 15.0 Å². The van der Waals surface area contributed by atoms with E-state index in [2.05, 4.69) is 11.1 Å². The van der Waals surface area contributed by atoms with E-state index in [1.54, 1.807) is 4.90 Å². The second kappa shape index (κ2) is 5.96. The first-order valence-corrected chi connectivity index (χ1v) is 8.68. The fraction of sp³-hybridized carbons (Fsp3) is 0.474. The molecule has 2 aromatic rings. The lowest BCUT2D eigenvalue weighted by molar-refractivity contribution is -0.142. The number of nitrogens with zero attached hydrogens (tertiary/aromatic N) is 1. The lowest BCUT2D eigenvalue weighted by Crippen LogP contribution is -2.30. The monoisotopic (exact) mass is 326 g/mol. The van der Waals surface area contributed by atoms with E-state index < -0.39 is 5.97 Å². The minimum Gasteiger partial charge on any atom is -0.481 e. The summed E-state index contributed by atoms with van der Waals surface area (Å²) < 4.78 is 0. The number of carboxylic acids is 1. The number of H-pyrrole nitrogens is 1. The van der Waals surface area contributed by atoms with E-state index in [0.29, 0.717) is 31.8 Å². The molecule has 2 N–H and O–H groups in total. The van der Waals surface area contributed by atoms with E-state index in [1.165, 1.54) is 0 Å². The van der Waals surface area contributed by atoms with Crippen molar-refractivity contribution in [2.24, 2.45) is 17.8 Å². The van der Waals surface area contributed by atoms with Crippen LogP contribution in [0, 0.1) is 17.8 Å². The van der Waals surface area contributed by atoms with Gasteiger partial charge >= 0.3 is 5.97 Å². The molecule has 0 spiro atoms. The summed E-state index contributed by atoms with van der Waals surface area (Å²) in [7, 11) is 0. The number of carbonyl (C=O) groups excluding carboxylic acids is 1. The predicted molar refractivity (Wildman–Crippen MR) is 90.5 cm³/mol. The van der Waals surface area contributed by atoms with Gasteiger partial charge in [-0.2, -0.15) is 0 Å². The Labute approximate surface area is 140 Å². The number of aromatic nitrogens is 1. The zero-order valence-corrected chi connectivity index (χ0v) is 13.6. The van der Waals surface area contributed by atoms with Gasteiger partial charge in [-0.25, -0.2) is 0 Å². The SMILES string of the molecule is O=C(O)[C@H]1CN(C(=O)CCc2ccc3[nH]ccc3c2)C[C@@H]1C1CC1. The van der Waals surface area contributed by atoms with Crippen molar-refractivity contribution in [3.63, 3.8) is 0 Å². The molecule has 126 valence electrons. The van der Waals surface area contributed by atoms with E-state index in [1.807, 2.05) is 24.4 Å². The first kappa shape index (κ1) is 15.2. The standard InChI is InChI=1S/C19H22N2O3/c22-18(6-2-12-1-5-17-14(9-12)7-8-20-17)21-10-15(13-3-4-13)16(11-21)19(23)24/h1,5,7-9,13,15-16,20H,2-4,6,10-11H2,(H,23,24)/t15-,16+/m1/s1. The third-order valence-electron chi connectivity index (χ3n) is 5.51. The number of nitrogens with one attached hydrogen (secondary N) is 1. The van der Waals surface area contributed by atoms with E-state index in [-0.39, 0.29) is 17.7 Å². The van der Waals surface area contributed by atoms with Gasteiger partial charge in [0.05, 0.1) is 5.92 Å². The van der Waals surface area contributed by atoms with Crippen molar-refractivity contribution in [2.75, 3.05) is 13.1 Å². The number of aryl methyl sites for hydroxylation is 1. The Bertz CT molecular complexity index is 778. The molecule has 1 aliphatic carbocycles. The lowest BCUT2D eigenvalue weighted by atomic mass is 9.92. The molecule has 1 aliphatic heterocycles. The average Bonchev–Trinajstić information content (AvgIpc) is 3.14. The van der Waals surface area contributed by atoms with E-state index in [9.17, 15) is 14.7 Å². The van der Waals surface area contributed by atoms with Gasteiger partial charge in [0.2, 0.25) is 5.91 Å².